The van der Waals surface area contributed by atoms with Crippen LogP contribution >= 0.6 is 24.0 Å². The van der Waals surface area contributed by atoms with Crippen LogP contribution in [-0.4, -0.2) is 58.0 Å². The molecule has 0 bridgehead atoms. The molecule has 0 aliphatic rings. The quantitative estimate of drug-likeness (QED) is 0.165. The van der Waals surface area contributed by atoms with Crippen LogP contribution in [0.1, 0.15) is 13.8 Å². The molecule has 3 rings (SSSR count). The van der Waals surface area contributed by atoms with Gasteiger partial charge >= 0.3 is 0 Å². The maximum atomic E-state index is 13.7. The van der Waals surface area contributed by atoms with Gasteiger partial charge in [0, 0.05) is 26.7 Å². The number of halogens is 2. The van der Waals surface area contributed by atoms with Crippen molar-refractivity contribution in [3.05, 3.63) is 42.6 Å². The van der Waals surface area contributed by atoms with Crippen LogP contribution in [0.2, 0.25) is 0 Å². The number of anilines is 1. The molecule has 0 amide bonds. The van der Waals surface area contributed by atoms with Crippen molar-refractivity contribution in [3.8, 4) is 5.75 Å². The molecule has 0 saturated heterocycles. The highest BCUT2D eigenvalue weighted by Crippen LogP contribution is 2.18. The van der Waals surface area contributed by atoms with Crippen LogP contribution in [0.5, 0.6) is 5.75 Å². The normalized spacial score (nSPS) is 12.2. The summed E-state index contributed by atoms with van der Waals surface area (Å²) >= 11 is 0. The monoisotopic (exact) mass is 542 g/mol. The number of nitrogens with zero attached hydrogens (tertiary/aromatic N) is 5. The van der Waals surface area contributed by atoms with Crippen LogP contribution in [-0.2, 0) is 7.05 Å². The van der Waals surface area contributed by atoms with E-state index in [0.717, 1.165) is 23.4 Å². The fraction of sp³-hybridized carbons (Fsp3) is 0.400. The first-order valence-electron chi connectivity index (χ1n) is 9.88. The Balaban J connectivity index is 0.00000341. The van der Waals surface area contributed by atoms with E-state index in [1.165, 1.54) is 12.4 Å². The van der Waals surface area contributed by atoms with E-state index in [0.29, 0.717) is 25.6 Å². The lowest BCUT2D eigenvalue weighted by Gasteiger charge is -2.15. The third-order valence-electron chi connectivity index (χ3n) is 4.25. The highest BCUT2D eigenvalue weighted by atomic mass is 127. The van der Waals surface area contributed by atoms with E-state index in [1.807, 2.05) is 20.9 Å². The minimum atomic E-state index is -0.378. The summed E-state index contributed by atoms with van der Waals surface area (Å²) in [5.74, 6) is 1.26. The van der Waals surface area contributed by atoms with E-state index < -0.39 is 0 Å². The number of aromatic nitrogens is 4. The molecule has 168 valence electrons. The summed E-state index contributed by atoms with van der Waals surface area (Å²) in [5.41, 5.74) is 0.777. The number of guanidine groups is 1. The molecule has 1 aromatic carbocycles. The minimum Gasteiger partial charge on any atom is -0.486 e. The van der Waals surface area contributed by atoms with Gasteiger partial charge < -0.3 is 20.7 Å². The number of benzene rings is 1. The maximum Gasteiger partial charge on any atom is 0.191 e. The summed E-state index contributed by atoms with van der Waals surface area (Å²) in [6, 6.07) is 6.36. The van der Waals surface area contributed by atoms with E-state index in [9.17, 15) is 4.39 Å². The second kappa shape index (κ2) is 12.2. The summed E-state index contributed by atoms with van der Waals surface area (Å²) in [6.45, 7) is 6.22. The second-order valence-electron chi connectivity index (χ2n) is 6.66. The number of rotatable bonds is 9. The van der Waals surface area contributed by atoms with Gasteiger partial charge in [-0.3, -0.25) is 4.68 Å². The van der Waals surface area contributed by atoms with Gasteiger partial charge in [0.15, 0.2) is 23.2 Å². The van der Waals surface area contributed by atoms with E-state index in [-0.39, 0.29) is 41.6 Å². The van der Waals surface area contributed by atoms with E-state index in [1.54, 1.807) is 29.1 Å². The van der Waals surface area contributed by atoms with Crippen LogP contribution in [0.3, 0.4) is 0 Å². The molecule has 0 radical (unpaired) electrons. The lowest BCUT2D eigenvalue weighted by Crippen LogP contribution is -2.40. The lowest BCUT2D eigenvalue weighted by molar-refractivity contribution is 0.220. The van der Waals surface area contributed by atoms with Crippen molar-refractivity contribution < 1.29 is 9.13 Å². The second-order valence-corrected chi connectivity index (χ2v) is 6.66. The van der Waals surface area contributed by atoms with Gasteiger partial charge in [0.05, 0.1) is 18.1 Å². The summed E-state index contributed by atoms with van der Waals surface area (Å²) in [5, 5.41) is 14.8. The molecule has 1 unspecified atom stereocenters. The van der Waals surface area contributed by atoms with Crippen LogP contribution in [0.25, 0.3) is 11.0 Å². The molecule has 2 heterocycles. The van der Waals surface area contributed by atoms with Gasteiger partial charge in [0.2, 0.25) is 0 Å². The molecule has 0 saturated carbocycles. The maximum absolute atomic E-state index is 13.7. The Hall–Kier alpha value is -2.70. The first-order chi connectivity index (χ1) is 14.6. The minimum absolute atomic E-state index is 0. The lowest BCUT2D eigenvalue weighted by atomic mass is 10.3. The zero-order valence-corrected chi connectivity index (χ0v) is 20.1. The highest BCUT2D eigenvalue weighted by Gasteiger charge is 2.09. The molecule has 2 aromatic heterocycles. The van der Waals surface area contributed by atoms with Crippen molar-refractivity contribution in [2.24, 2.45) is 12.0 Å². The molecular weight excluding hydrogens is 514 g/mol. The molecule has 0 aliphatic carbocycles. The van der Waals surface area contributed by atoms with Gasteiger partial charge in [-0.05, 0) is 26.0 Å². The highest BCUT2D eigenvalue weighted by molar-refractivity contribution is 14.0. The van der Waals surface area contributed by atoms with Gasteiger partial charge in [0.25, 0.3) is 0 Å². The topological polar surface area (TPSA) is 101 Å². The van der Waals surface area contributed by atoms with Crippen LogP contribution < -0.4 is 20.7 Å². The van der Waals surface area contributed by atoms with E-state index in [4.69, 9.17) is 4.74 Å². The number of fused-ring (bicyclic) bond motifs is 1. The number of para-hydroxylation sites is 1. The van der Waals surface area contributed by atoms with Gasteiger partial charge in [0.1, 0.15) is 18.2 Å². The Morgan fingerprint density at radius 1 is 1.23 bits per heavy atom. The molecule has 0 fully saturated rings. The molecule has 0 spiro atoms. The SMILES string of the molecule is CCNC(=NCC(C)Oc1ccccc1F)NCCNc1ncnc2c1cnn2C.I. The van der Waals surface area contributed by atoms with Crippen molar-refractivity contribution in [1.82, 2.24) is 30.4 Å². The summed E-state index contributed by atoms with van der Waals surface area (Å²) < 4.78 is 21.0. The number of aryl methyl sites for hydroxylation is 1. The molecule has 1 atom stereocenters. The average Bonchev–Trinajstić information content (AvgIpc) is 3.12. The average molecular weight is 542 g/mol. The van der Waals surface area contributed by atoms with Crippen LogP contribution in [0, 0.1) is 5.82 Å². The molecule has 9 nitrogen and oxygen atoms in total. The molecule has 31 heavy (non-hydrogen) atoms. The van der Waals surface area contributed by atoms with Crippen molar-refractivity contribution in [2.75, 3.05) is 31.5 Å². The summed E-state index contributed by atoms with van der Waals surface area (Å²) in [4.78, 5) is 13.0. The Labute approximate surface area is 197 Å². The number of hydrogen-bond acceptors (Lipinski definition) is 6. The fourth-order valence-corrected chi connectivity index (χ4v) is 2.82. The zero-order chi connectivity index (χ0) is 21.3. The predicted molar refractivity (Wildman–Crippen MR) is 131 cm³/mol. The number of nitrogens with one attached hydrogen (secondary N) is 3. The van der Waals surface area contributed by atoms with Crippen molar-refractivity contribution >= 4 is 46.8 Å². The zero-order valence-electron chi connectivity index (χ0n) is 17.8. The number of ether oxygens (including phenoxy) is 1. The molecule has 0 aliphatic heterocycles. The molecular formula is C20H28FIN8O. The first-order valence-corrected chi connectivity index (χ1v) is 9.88. The van der Waals surface area contributed by atoms with Crippen LogP contribution in [0.15, 0.2) is 41.8 Å². The Morgan fingerprint density at radius 3 is 2.81 bits per heavy atom. The summed E-state index contributed by atoms with van der Waals surface area (Å²) in [7, 11) is 1.84. The third kappa shape index (κ3) is 6.91. The van der Waals surface area contributed by atoms with Crippen molar-refractivity contribution in [3.63, 3.8) is 0 Å². The van der Waals surface area contributed by atoms with Crippen LogP contribution in [0.4, 0.5) is 10.2 Å². The molecule has 11 heteroatoms. The largest absolute Gasteiger partial charge is 0.486 e. The van der Waals surface area contributed by atoms with Gasteiger partial charge in [-0.1, -0.05) is 12.1 Å². The van der Waals surface area contributed by atoms with Gasteiger partial charge in [-0.25, -0.2) is 19.4 Å². The molecule has 3 aromatic rings. The third-order valence-corrected chi connectivity index (χ3v) is 4.25. The molecule has 3 N–H and O–H groups in total. The predicted octanol–water partition coefficient (Wildman–Crippen LogP) is 2.55. The number of hydrogen-bond donors (Lipinski definition) is 3. The smallest absolute Gasteiger partial charge is 0.191 e. The summed E-state index contributed by atoms with van der Waals surface area (Å²) in [6.07, 6.45) is 2.99. The Bertz CT molecular complexity index is 996. The van der Waals surface area contributed by atoms with Gasteiger partial charge in [-0.2, -0.15) is 5.10 Å². The van der Waals surface area contributed by atoms with E-state index >= 15 is 0 Å². The first kappa shape index (κ1) is 24.6. The fourth-order valence-electron chi connectivity index (χ4n) is 2.82. The Morgan fingerprint density at radius 2 is 2.03 bits per heavy atom. The van der Waals surface area contributed by atoms with Crippen molar-refractivity contribution in [2.45, 2.75) is 20.0 Å². The van der Waals surface area contributed by atoms with Crippen molar-refractivity contribution in [1.29, 1.82) is 0 Å². The van der Waals surface area contributed by atoms with E-state index in [2.05, 4.69) is 36.0 Å². The Kier molecular flexibility index (Phi) is 9.69. The van der Waals surface area contributed by atoms with Gasteiger partial charge in [-0.15, -0.1) is 24.0 Å². The number of aliphatic imine (C=N–C) groups is 1. The standard InChI is InChI=1S/C20H27FN8O.HI/c1-4-22-20(25-11-14(2)30-17-8-6-5-7-16(17)21)24-10-9-23-18-15-12-28-29(3)19(15)27-13-26-18;/h5-8,12-14H,4,9-11H2,1-3H3,(H2,22,24,25)(H,23,26,27);1H.